The summed E-state index contributed by atoms with van der Waals surface area (Å²) in [6.07, 6.45) is 7.28. The molecule has 1 aromatic carbocycles. The molecule has 1 aromatic rings. The van der Waals surface area contributed by atoms with Gasteiger partial charge in [-0.25, -0.2) is 0 Å². The molecule has 4 rings (SSSR count). The molecule has 2 aliphatic heterocycles. The van der Waals surface area contributed by atoms with Gasteiger partial charge in [0.05, 0.1) is 13.1 Å². The molecule has 1 saturated carbocycles. The van der Waals surface area contributed by atoms with Crippen LogP contribution in [0.2, 0.25) is 0 Å². The summed E-state index contributed by atoms with van der Waals surface area (Å²) in [7, 11) is 0. The number of likely N-dealkylation sites (tertiary alicyclic amines) is 1. The van der Waals surface area contributed by atoms with Gasteiger partial charge in [-0.2, -0.15) is 0 Å². The van der Waals surface area contributed by atoms with Crippen molar-refractivity contribution in [3.63, 3.8) is 0 Å². The molecule has 26 heavy (non-hydrogen) atoms. The van der Waals surface area contributed by atoms with Crippen molar-refractivity contribution in [1.29, 1.82) is 0 Å². The molecule has 1 aliphatic carbocycles. The quantitative estimate of drug-likeness (QED) is 0.739. The number of nitrogens with one attached hydrogen (secondary N) is 2. The van der Waals surface area contributed by atoms with Crippen LogP contribution >= 0.6 is 0 Å². The van der Waals surface area contributed by atoms with Gasteiger partial charge in [-0.3, -0.25) is 4.79 Å². The third-order valence-electron chi connectivity index (χ3n) is 6.08. The summed E-state index contributed by atoms with van der Waals surface area (Å²) in [4.78, 5) is 13.6. The fourth-order valence-corrected chi connectivity index (χ4v) is 4.42. The summed E-state index contributed by atoms with van der Waals surface area (Å²) in [5.41, 5.74) is 0.0390. The Morgan fingerprint density at radius 2 is 1.88 bits per heavy atom. The molecule has 0 radical (unpaired) electrons. The smallest absolute Gasteiger partial charge is 0.275 e. The van der Waals surface area contributed by atoms with Gasteiger partial charge in [0.25, 0.3) is 5.91 Å². The number of benzene rings is 1. The minimum absolute atomic E-state index is 0.153. The fourth-order valence-electron chi connectivity index (χ4n) is 4.42. The SMILES string of the molecule is O=C(C[NH+]1CCC(O)(c2ccc3c(c2)OCO3)CC1)NC1CCCCC1. The van der Waals surface area contributed by atoms with E-state index in [4.69, 9.17) is 9.47 Å². The number of ether oxygens (including phenoxy) is 2. The van der Waals surface area contributed by atoms with Crippen molar-refractivity contribution in [1.82, 2.24) is 5.32 Å². The summed E-state index contributed by atoms with van der Waals surface area (Å²) < 4.78 is 10.8. The van der Waals surface area contributed by atoms with Crippen LogP contribution in [-0.2, 0) is 10.4 Å². The van der Waals surface area contributed by atoms with E-state index in [9.17, 15) is 9.90 Å². The number of hydrogen-bond acceptors (Lipinski definition) is 4. The molecule has 1 amide bonds. The molecule has 0 bridgehead atoms. The summed E-state index contributed by atoms with van der Waals surface area (Å²) in [6, 6.07) is 6.05. The fraction of sp³-hybridized carbons (Fsp3) is 0.650. The molecule has 0 unspecified atom stereocenters. The lowest BCUT2D eigenvalue weighted by molar-refractivity contribution is -0.900. The maximum absolute atomic E-state index is 12.3. The van der Waals surface area contributed by atoms with E-state index in [0.717, 1.165) is 37.2 Å². The molecular weight excluding hydrogens is 332 g/mol. The molecule has 0 aromatic heterocycles. The van der Waals surface area contributed by atoms with Crippen LogP contribution in [0.15, 0.2) is 18.2 Å². The van der Waals surface area contributed by atoms with E-state index in [-0.39, 0.29) is 12.7 Å². The Hall–Kier alpha value is -1.79. The highest BCUT2D eigenvalue weighted by Crippen LogP contribution is 2.38. The van der Waals surface area contributed by atoms with Crippen LogP contribution in [-0.4, -0.2) is 43.5 Å². The Kier molecular flexibility index (Phi) is 5.05. The Labute approximate surface area is 154 Å². The number of carbonyl (C=O) groups is 1. The van der Waals surface area contributed by atoms with Gasteiger partial charge < -0.3 is 24.8 Å². The van der Waals surface area contributed by atoms with Crippen LogP contribution in [0.25, 0.3) is 0 Å². The Morgan fingerprint density at radius 1 is 1.15 bits per heavy atom. The maximum Gasteiger partial charge on any atom is 0.275 e. The van der Waals surface area contributed by atoms with Crippen molar-refractivity contribution in [2.45, 2.75) is 56.6 Å². The second kappa shape index (κ2) is 7.45. The largest absolute Gasteiger partial charge is 0.454 e. The Bertz CT molecular complexity index is 649. The van der Waals surface area contributed by atoms with Gasteiger partial charge in [-0.05, 0) is 30.5 Å². The highest BCUT2D eigenvalue weighted by Gasteiger charge is 2.37. The van der Waals surface area contributed by atoms with Crippen LogP contribution in [0, 0.1) is 0 Å². The average molecular weight is 361 g/mol. The monoisotopic (exact) mass is 361 g/mol. The molecule has 6 nitrogen and oxygen atoms in total. The molecule has 3 N–H and O–H groups in total. The van der Waals surface area contributed by atoms with Crippen LogP contribution < -0.4 is 19.7 Å². The van der Waals surface area contributed by atoms with Crippen molar-refractivity contribution in [3.8, 4) is 11.5 Å². The minimum atomic E-state index is -0.843. The lowest BCUT2D eigenvalue weighted by Gasteiger charge is -2.36. The van der Waals surface area contributed by atoms with E-state index in [0.29, 0.717) is 31.2 Å². The van der Waals surface area contributed by atoms with E-state index >= 15 is 0 Å². The summed E-state index contributed by atoms with van der Waals surface area (Å²) in [6.45, 7) is 2.34. The van der Waals surface area contributed by atoms with Crippen LogP contribution in [0.5, 0.6) is 11.5 Å². The zero-order valence-electron chi connectivity index (χ0n) is 15.3. The lowest BCUT2D eigenvalue weighted by atomic mass is 9.84. The number of carbonyl (C=O) groups excluding carboxylic acids is 1. The van der Waals surface area contributed by atoms with Gasteiger partial charge in [-0.1, -0.05) is 25.3 Å². The first-order valence-electron chi connectivity index (χ1n) is 9.88. The maximum atomic E-state index is 12.3. The van der Waals surface area contributed by atoms with E-state index in [1.165, 1.54) is 24.2 Å². The van der Waals surface area contributed by atoms with Gasteiger partial charge in [0.15, 0.2) is 18.0 Å². The van der Waals surface area contributed by atoms with Gasteiger partial charge in [0, 0.05) is 18.9 Å². The third-order valence-corrected chi connectivity index (χ3v) is 6.08. The van der Waals surface area contributed by atoms with Crippen molar-refractivity contribution in [2.75, 3.05) is 26.4 Å². The molecule has 0 atom stereocenters. The summed E-state index contributed by atoms with van der Waals surface area (Å²) in [5, 5.41) is 14.3. The first-order valence-corrected chi connectivity index (χ1v) is 9.88. The molecule has 6 heteroatoms. The molecule has 2 fully saturated rings. The number of aliphatic hydroxyl groups is 1. The van der Waals surface area contributed by atoms with Crippen LogP contribution in [0.4, 0.5) is 0 Å². The van der Waals surface area contributed by atoms with Crippen molar-refractivity contribution in [2.24, 2.45) is 0 Å². The van der Waals surface area contributed by atoms with Crippen molar-refractivity contribution < 1.29 is 24.3 Å². The van der Waals surface area contributed by atoms with Gasteiger partial charge >= 0.3 is 0 Å². The highest BCUT2D eigenvalue weighted by atomic mass is 16.7. The topological polar surface area (TPSA) is 72.2 Å². The number of fused-ring (bicyclic) bond motifs is 1. The van der Waals surface area contributed by atoms with Gasteiger partial charge in [0.2, 0.25) is 6.79 Å². The van der Waals surface area contributed by atoms with Crippen LogP contribution in [0.3, 0.4) is 0 Å². The summed E-state index contributed by atoms with van der Waals surface area (Å²) in [5.74, 6) is 1.60. The predicted octanol–water partition coefficient (Wildman–Crippen LogP) is 0.730. The van der Waals surface area contributed by atoms with Gasteiger partial charge in [-0.15, -0.1) is 0 Å². The van der Waals surface area contributed by atoms with Crippen LogP contribution in [0.1, 0.15) is 50.5 Å². The Balaban J connectivity index is 1.29. The number of piperidine rings is 1. The molecule has 142 valence electrons. The number of amides is 1. The molecule has 0 spiro atoms. The predicted molar refractivity (Wildman–Crippen MR) is 96.3 cm³/mol. The first kappa shape index (κ1) is 17.6. The van der Waals surface area contributed by atoms with E-state index < -0.39 is 5.60 Å². The van der Waals surface area contributed by atoms with Crippen molar-refractivity contribution >= 4 is 5.91 Å². The molecule has 1 saturated heterocycles. The van der Waals surface area contributed by atoms with Crippen molar-refractivity contribution in [3.05, 3.63) is 23.8 Å². The van der Waals surface area contributed by atoms with E-state index in [1.54, 1.807) is 0 Å². The molecular formula is C20H29N2O4+. The third kappa shape index (κ3) is 3.81. The average Bonchev–Trinajstić information content (AvgIpc) is 3.12. The second-order valence-electron chi connectivity index (χ2n) is 7.93. The normalized spacial score (nSPS) is 28.7. The zero-order chi connectivity index (χ0) is 18.0. The molecule has 3 aliphatic rings. The van der Waals surface area contributed by atoms with E-state index in [2.05, 4.69) is 5.32 Å². The lowest BCUT2D eigenvalue weighted by Crippen LogP contribution is -3.14. The number of hydrogen-bond donors (Lipinski definition) is 3. The number of quaternary nitrogens is 1. The first-order chi connectivity index (χ1) is 12.6. The standard InChI is InChI=1S/C20H28N2O4/c23-19(21-16-4-2-1-3-5-16)13-22-10-8-20(24,9-11-22)15-6-7-17-18(12-15)26-14-25-17/h6-7,12,16,24H,1-5,8-11,13-14H2,(H,21,23)/p+1. The summed E-state index contributed by atoms with van der Waals surface area (Å²) >= 11 is 0. The Morgan fingerprint density at radius 3 is 2.65 bits per heavy atom. The second-order valence-corrected chi connectivity index (χ2v) is 7.93. The van der Waals surface area contributed by atoms with Gasteiger partial charge in [0.1, 0.15) is 5.60 Å². The zero-order valence-corrected chi connectivity index (χ0v) is 15.3. The molecule has 2 heterocycles. The highest BCUT2D eigenvalue weighted by molar-refractivity contribution is 5.77. The number of rotatable bonds is 4. The van der Waals surface area contributed by atoms with E-state index in [1.807, 2.05) is 18.2 Å². The minimum Gasteiger partial charge on any atom is -0.454 e.